The molecule has 0 atom stereocenters. The van der Waals surface area contributed by atoms with E-state index in [2.05, 4.69) is 20.8 Å². The molecule has 0 aromatic heterocycles. The summed E-state index contributed by atoms with van der Waals surface area (Å²) in [5.74, 6) is 1.08. The fourth-order valence-corrected chi connectivity index (χ4v) is 1.87. The standard InChI is InChI=1S/C14H22O3/c1-14(2,3)11-9-13(17-4)10(6-5-7-15)8-12(11)16/h8-9,15-16H,5-7H2,1-4H3. The van der Waals surface area contributed by atoms with E-state index in [1.165, 1.54) is 0 Å². The van der Waals surface area contributed by atoms with Gasteiger partial charge in [-0.15, -0.1) is 0 Å². The molecule has 3 heteroatoms. The highest BCUT2D eigenvalue weighted by atomic mass is 16.5. The van der Waals surface area contributed by atoms with E-state index in [0.717, 1.165) is 16.9 Å². The predicted molar refractivity (Wildman–Crippen MR) is 68.8 cm³/mol. The van der Waals surface area contributed by atoms with Crippen LogP contribution in [0.2, 0.25) is 0 Å². The quantitative estimate of drug-likeness (QED) is 0.847. The van der Waals surface area contributed by atoms with Crippen LogP contribution in [0.15, 0.2) is 12.1 Å². The zero-order chi connectivity index (χ0) is 13.1. The lowest BCUT2D eigenvalue weighted by atomic mass is 9.85. The van der Waals surface area contributed by atoms with Crippen LogP contribution >= 0.6 is 0 Å². The molecule has 0 aliphatic heterocycles. The maximum Gasteiger partial charge on any atom is 0.122 e. The number of aliphatic hydroxyl groups is 1. The molecule has 0 unspecified atom stereocenters. The molecule has 0 fully saturated rings. The predicted octanol–water partition coefficient (Wildman–Crippen LogP) is 2.62. The average molecular weight is 238 g/mol. The number of phenols is 1. The molecule has 2 N–H and O–H groups in total. The van der Waals surface area contributed by atoms with Crippen LogP contribution in [0.5, 0.6) is 11.5 Å². The van der Waals surface area contributed by atoms with E-state index in [1.54, 1.807) is 13.2 Å². The van der Waals surface area contributed by atoms with Gasteiger partial charge < -0.3 is 14.9 Å². The third kappa shape index (κ3) is 3.37. The van der Waals surface area contributed by atoms with E-state index in [1.807, 2.05) is 6.07 Å². The monoisotopic (exact) mass is 238 g/mol. The Kier molecular flexibility index (Phi) is 4.40. The van der Waals surface area contributed by atoms with Gasteiger partial charge in [-0.1, -0.05) is 20.8 Å². The largest absolute Gasteiger partial charge is 0.508 e. The van der Waals surface area contributed by atoms with Crippen molar-refractivity contribution in [1.29, 1.82) is 0 Å². The Bertz CT molecular complexity index is 378. The van der Waals surface area contributed by atoms with Crippen LogP contribution in [-0.2, 0) is 11.8 Å². The van der Waals surface area contributed by atoms with Crippen LogP contribution < -0.4 is 4.74 Å². The smallest absolute Gasteiger partial charge is 0.122 e. The first kappa shape index (κ1) is 13.8. The second kappa shape index (κ2) is 5.41. The Balaban J connectivity index is 3.15. The normalized spacial score (nSPS) is 11.6. The van der Waals surface area contributed by atoms with Crippen LogP contribution in [0, 0.1) is 0 Å². The molecule has 1 aromatic carbocycles. The summed E-state index contributed by atoms with van der Waals surface area (Å²) >= 11 is 0. The van der Waals surface area contributed by atoms with Gasteiger partial charge in [0.25, 0.3) is 0 Å². The molecule has 0 amide bonds. The molecule has 0 saturated heterocycles. The van der Waals surface area contributed by atoms with Gasteiger partial charge in [0.05, 0.1) is 7.11 Å². The number of benzene rings is 1. The van der Waals surface area contributed by atoms with Crippen molar-refractivity contribution in [2.45, 2.75) is 39.0 Å². The molecule has 0 saturated carbocycles. The molecular weight excluding hydrogens is 216 g/mol. The van der Waals surface area contributed by atoms with Crippen molar-refractivity contribution in [3.05, 3.63) is 23.3 Å². The summed E-state index contributed by atoms with van der Waals surface area (Å²) in [5.41, 5.74) is 1.70. The Hall–Kier alpha value is -1.22. The zero-order valence-corrected chi connectivity index (χ0v) is 11.1. The molecule has 0 aliphatic rings. The number of hydrogen-bond donors (Lipinski definition) is 2. The first-order valence-electron chi connectivity index (χ1n) is 5.91. The highest BCUT2D eigenvalue weighted by Crippen LogP contribution is 2.36. The van der Waals surface area contributed by atoms with Crippen LogP contribution in [0.25, 0.3) is 0 Å². The van der Waals surface area contributed by atoms with Gasteiger partial charge in [-0.05, 0) is 36.0 Å². The first-order valence-corrected chi connectivity index (χ1v) is 5.91. The Morgan fingerprint density at radius 2 is 1.88 bits per heavy atom. The lowest BCUT2D eigenvalue weighted by Gasteiger charge is -2.22. The molecule has 0 aliphatic carbocycles. The fourth-order valence-electron chi connectivity index (χ4n) is 1.87. The van der Waals surface area contributed by atoms with Gasteiger partial charge in [-0.2, -0.15) is 0 Å². The molecular formula is C14H22O3. The molecule has 0 heterocycles. The number of rotatable bonds is 4. The van der Waals surface area contributed by atoms with Gasteiger partial charge in [0, 0.05) is 12.2 Å². The van der Waals surface area contributed by atoms with Gasteiger partial charge in [0.2, 0.25) is 0 Å². The van der Waals surface area contributed by atoms with Crippen LogP contribution in [0.1, 0.15) is 38.3 Å². The van der Waals surface area contributed by atoms with E-state index >= 15 is 0 Å². The fraction of sp³-hybridized carbons (Fsp3) is 0.571. The van der Waals surface area contributed by atoms with E-state index in [4.69, 9.17) is 9.84 Å². The number of aliphatic hydroxyl groups excluding tert-OH is 1. The molecule has 1 aromatic rings. The minimum absolute atomic E-state index is 0.118. The van der Waals surface area contributed by atoms with Gasteiger partial charge >= 0.3 is 0 Å². The first-order chi connectivity index (χ1) is 7.90. The van der Waals surface area contributed by atoms with Crippen molar-refractivity contribution in [3.63, 3.8) is 0 Å². The van der Waals surface area contributed by atoms with Gasteiger partial charge in [-0.25, -0.2) is 0 Å². The zero-order valence-electron chi connectivity index (χ0n) is 11.1. The molecule has 0 radical (unpaired) electrons. The summed E-state index contributed by atoms with van der Waals surface area (Å²) in [6, 6.07) is 3.64. The summed E-state index contributed by atoms with van der Waals surface area (Å²) in [6.07, 6.45) is 1.38. The summed E-state index contributed by atoms with van der Waals surface area (Å²) in [6.45, 7) is 6.30. The van der Waals surface area contributed by atoms with Gasteiger partial charge in [0.1, 0.15) is 11.5 Å². The number of ether oxygens (including phenoxy) is 1. The van der Waals surface area contributed by atoms with Crippen LogP contribution in [0.3, 0.4) is 0 Å². The van der Waals surface area contributed by atoms with E-state index < -0.39 is 0 Å². The van der Waals surface area contributed by atoms with Crippen LogP contribution in [0.4, 0.5) is 0 Å². The van der Waals surface area contributed by atoms with Crippen molar-refractivity contribution < 1.29 is 14.9 Å². The lowest BCUT2D eigenvalue weighted by Crippen LogP contribution is -2.12. The van der Waals surface area contributed by atoms with Crippen molar-refractivity contribution in [2.75, 3.05) is 13.7 Å². The molecule has 3 nitrogen and oxygen atoms in total. The highest BCUT2D eigenvalue weighted by Gasteiger charge is 2.20. The van der Waals surface area contributed by atoms with Gasteiger partial charge in [0.15, 0.2) is 0 Å². The molecule has 0 spiro atoms. The van der Waals surface area contributed by atoms with E-state index in [0.29, 0.717) is 18.6 Å². The number of methoxy groups -OCH3 is 1. The topological polar surface area (TPSA) is 49.7 Å². The SMILES string of the molecule is COc1cc(C(C)(C)C)c(O)cc1CCCO. The number of hydrogen-bond acceptors (Lipinski definition) is 3. The maximum atomic E-state index is 10.0. The van der Waals surface area contributed by atoms with E-state index in [-0.39, 0.29) is 12.0 Å². The Morgan fingerprint density at radius 1 is 1.24 bits per heavy atom. The third-order valence-electron chi connectivity index (χ3n) is 2.81. The molecule has 0 bridgehead atoms. The minimum Gasteiger partial charge on any atom is -0.508 e. The van der Waals surface area contributed by atoms with Crippen LogP contribution in [-0.4, -0.2) is 23.9 Å². The third-order valence-corrected chi connectivity index (χ3v) is 2.81. The Morgan fingerprint density at radius 3 is 2.35 bits per heavy atom. The molecule has 1 rings (SSSR count). The summed E-state index contributed by atoms with van der Waals surface area (Å²) < 4.78 is 5.34. The lowest BCUT2D eigenvalue weighted by molar-refractivity contribution is 0.287. The molecule has 17 heavy (non-hydrogen) atoms. The van der Waals surface area contributed by atoms with Crippen molar-refractivity contribution >= 4 is 0 Å². The summed E-state index contributed by atoms with van der Waals surface area (Å²) in [7, 11) is 1.63. The molecule has 96 valence electrons. The number of aromatic hydroxyl groups is 1. The van der Waals surface area contributed by atoms with E-state index in [9.17, 15) is 5.11 Å². The second-order valence-electron chi connectivity index (χ2n) is 5.26. The second-order valence-corrected chi connectivity index (χ2v) is 5.26. The summed E-state index contributed by atoms with van der Waals surface area (Å²) in [4.78, 5) is 0. The average Bonchev–Trinajstić information content (AvgIpc) is 2.24. The van der Waals surface area contributed by atoms with Crippen molar-refractivity contribution in [2.24, 2.45) is 0 Å². The van der Waals surface area contributed by atoms with Gasteiger partial charge in [-0.3, -0.25) is 0 Å². The highest BCUT2D eigenvalue weighted by molar-refractivity contribution is 5.48. The van der Waals surface area contributed by atoms with Crippen molar-refractivity contribution in [3.8, 4) is 11.5 Å². The van der Waals surface area contributed by atoms with Crippen molar-refractivity contribution in [1.82, 2.24) is 0 Å². The minimum atomic E-state index is -0.118. The number of phenolic OH excluding ortho intramolecular Hbond substituents is 1. The summed E-state index contributed by atoms with van der Waals surface area (Å²) in [5, 5.41) is 18.9. The maximum absolute atomic E-state index is 10.0. The Labute approximate surface area is 103 Å². The number of aryl methyl sites for hydroxylation is 1.